The molecule has 3 aliphatic carbocycles. The molecular weight excluding hydrogens is 246 g/mol. The van der Waals surface area contributed by atoms with Crippen molar-refractivity contribution in [3.63, 3.8) is 0 Å². The molecule has 0 aromatic rings. The quantitative estimate of drug-likeness (QED) is 0.751. The van der Waals surface area contributed by atoms with Gasteiger partial charge in [0.05, 0.1) is 6.10 Å². The van der Waals surface area contributed by atoms with Crippen LogP contribution >= 0.6 is 0 Å². The number of rotatable bonds is 7. The number of ether oxygens (including phenoxy) is 1. The average Bonchev–Trinajstić information content (AvgIpc) is 3.30. The summed E-state index contributed by atoms with van der Waals surface area (Å²) in [6, 6.07) is 1.50. The summed E-state index contributed by atoms with van der Waals surface area (Å²) in [5.41, 5.74) is 0.491. The zero-order chi connectivity index (χ0) is 14.0. The fourth-order valence-corrected chi connectivity index (χ4v) is 4.69. The van der Waals surface area contributed by atoms with E-state index >= 15 is 0 Å². The van der Waals surface area contributed by atoms with E-state index in [1.54, 1.807) is 0 Å². The second-order valence-corrected chi connectivity index (χ2v) is 7.48. The highest BCUT2D eigenvalue weighted by Gasteiger charge is 2.55. The van der Waals surface area contributed by atoms with Crippen molar-refractivity contribution in [1.82, 2.24) is 5.32 Å². The molecule has 3 aliphatic rings. The van der Waals surface area contributed by atoms with E-state index in [1.165, 1.54) is 64.2 Å². The highest BCUT2D eigenvalue weighted by atomic mass is 16.5. The maximum absolute atomic E-state index is 6.07. The van der Waals surface area contributed by atoms with Gasteiger partial charge in [0.1, 0.15) is 0 Å². The van der Waals surface area contributed by atoms with Gasteiger partial charge in [-0.1, -0.05) is 39.0 Å². The zero-order valence-electron chi connectivity index (χ0n) is 13.5. The van der Waals surface area contributed by atoms with Crippen LogP contribution in [0.4, 0.5) is 0 Å². The summed E-state index contributed by atoms with van der Waals surface area (Å²) in [4.78, 5) is 0. The van der Waals surface area contributed by atoms with Gasteiger partial charge in [-0.15, -0.1) is 0 Å². The molecule has 20 heavy (non-hydrogen) atoms. The summed E-state index contributed by atoms with van der Waals surface area (Å²) in [5.74, 6) is 1.04. The molecule has 0 aromatic heterocycles. The van der Waals surface area contributed by atoms with E-state index in [-0.39, 0.29) is 0 Å². The van der Waals surface area contributed by atoms with E-state index in [1.807, 2.05) is 0 Å². The van der Waals surface area contributed by atoms with Gasteiger partial charge in [0, 0.05) is 24.1 Å². The summed E-state index contributed by atoms with van der Waals surface area (Å²) in [6.07, 6.45) is 14.5. The van der Waals surface area contributed by atoms with Crippen LogP contribution in [-0.2, 0) is 4.74 Å². The average molecular weight is 279 g/mol. The molecule has 3 fully saturated rings. The maximum atomic E-state index is 6.07. The van der Waals surface area contributed by atoms with E-state index in [0.29, 0.717) is 11.5 Å². The molecule has 2 nitrogen and oxygen atoms in total. The Kier molecular flexibility index (Phi) is 4.72. The molecule has 0 bridgehead atoms. The second kappa shape index (κ2) is 6.36. The predicted molar refractivity (Wildman–Crippen MR) is 83.9 cm³/mol. The summed E-state index contributed by atoms with van der Waals surface area (Å²) in [6.45, 7) is 5.39. The molecule has 0 amide bonds. The molecule has 3 atom stereocenters. The molecule has 0 aliphatic heterocycles. The molecule has 2 heteroatoms. The molecule has 1 spiro atoms. The van der Waals surface area contributed by atoms with Gasteiger partial charge >= 0.3 is 0 Å². The summed E-state index contributed by atoms with van der Waals surface area (Å²) < 4.78 is 6.07. The van der Waals surface area contributed by atoms with Crippen LogP contribution in [0, 0.1) is 11.3 Å². The van der Waals surface area contributed by atoms with Crippen LogP contribution in [0.2, 0.25) is 0 Å². The van der Waals surface area contributed by atoms with Crippen LogP contribution in [0.25, 0.3) is 0 Å². The van der Waals surface area contributed by atoms with E-state index in [2.05, 4.69) is 19.2 Å². The summed E-state index contributed by atoms with van der Waals surface area (Å²) in [7, 11) is 0. The third kappa shape index (κ3) is 2.92. The first-order valence-corrected chi connectivity index (χ1v) is 9.16. The first kappa shape index (κ1) is 14.8. The zero-order valence-corrected chi connectivity index (χ0v) is 13.5. The van der Waals surface area contributed by atoms with Crippen molar-refractivity contribution >= 4 is 0 Å². The third-order valence-corrected chi connectivity index (χ3v) is 6.18. The van der Waals surface area contributed by atoms with Gasteiger partial charge < -0.3 is 10.1 Å². The fourth-order valence-electron chi connectivity index (χ4n) is 4.69. The Morgan fingerprint density at radius 2 is 1.90 bits per heavy atom. The number of hydrogen-bond acceptors (Lipinski definition) is 2. The molecule has 116 valence electrons. The van der Waals surface area contributed by atoms with Crippen LogP contribution in [0.15, 0.2) is 0 Å². The second-order valence-electron chi connectivity index (χ2n) is 7.48. The van der Waals surface area contributed by atoms with Gasteiger partial charge in [-0.05, 0) is 44.9 Å². The lowest BCUT2D eigenvalue weighted by Gasteiger charge is -2.58. The van der Waals surface area contributed by atoms with Gasteiger partial charge in [0.2, 0.25) is 0 Å². The first-order chi connectivity index (χ1) is 9.78. The Balaban J connectivity index is 1.59. The van der Waals surface area contributed by atoms with Gasteiger partial charge in [-0.2, -0.15) is 0 Å². The minimum atomic E-state index is 0.491. The van der Waals surface area contributed by atoms with Gasteiger partial charge in [0.15, 0.2) is 0 Å². The number of nitrogens with one attached hydrogen (secondary N) is 1. The largest absolute Gasteiger partial charge is 0.378 e. The predicted octanol–water partition coefficient (Wildman–Crippen LogP) is 4.28. The van der Waals surface area contributed by atoms with Crippen LogP contribution in [0.3, 0.4) is 0 Å². The minimum Gasteiger partial charge on any atom is -0.378 e. The van der Waals surface area contributed by atoms with Crippen LogP contribution in [0.5, 0.6) is 0 Å². The van der Waals surface area contributed by atoms with Crippen molar-refractivity contribution in [2.45, 2.75) is 96.2 Å². The van der Waals surface area contributed by atoms with Gasteiger partial charge in [0.25, 0.3) is 0 Å². The smallest absolute Gasteiger partial charge is 0.0661 e. The Morgan fingerprint density at radius 1 is 1.15 bits per heavy atom. The van der Waals surface area contributed by atoms with Crippen LogP contribution in [0.1, 0.15) is 78.1 Å². The topological polar surface area (TPSA) is 21.3 Å². The Hall–Kier alpha value is -0.0800. The molecule has 3 saturated carbocycles. The molecule has 3 rings (SSSR count). The van der Waals surface area contributed by atoms with E-state index in [9.17, 15) is 0 Å². The third-order valence-electron chi connectivity index (χ3n) is 6.18. The Bertz CT molecular complexity index is 307. The maximum Gasteiger partial charge on any atom is 0.0661 e. The molecule has 0 heterocycles. The normalized spacial score (nSPS) is 33.9. The van der Waals surface area contributed by atoms with E-state index in [4.69, 9.17) is 4.74 Å². The van der Waals surface area contributed by atoms with Crippen molar-refractivity contribution in [1.29, 1.82) is 0 Å². The monoisotopic (exact) mass is 279 g/mol. The SMILES string of the molecule is CCOC1CC(NC(CC)CC2CC2)C12CCCCC2. The Labute approximate surface area is 125 Å². The van der Waals surface area contributed by atoms with Crippen LogP contribution < -0.4 is 5.32 Å². The highest BCUT2D eigenvalue weighted by molar-refractivity contribution is 5.09. The molecule has 3 unspecified atom stereocenters. The minimum absolute atomic E-state index is 0.491. The summed E-state index contributed by atoms with van der Waals surface area (Å²) in [5, 5.41) is 4.04. The van der Waals surface area contributed by atoms with Crippen LogP contribution in [-0.4, -0.2) is 24.8 Å². The highest BCUT2D eigenvalue weighted by Crippen LogP contribution is 2.53. The standard InChI is InChI=1S/C18H33NO/c1-3-15(12-14-8-9-14)19-16-13-17(20-4-2)18(16)10-6-5-7-11-18/h14-17,19H,3-13H2,1-2H3. The van der Waals surface area contributed by atoms with Gasteiger partial charge in [-0.3, -0.25) is 0 Å². The van der Waals surface area contributed by atoms with Crippen molar-refractivity contribution in [2.75, 3.05) is 6.61 Å². The van der Waals surface area contributed by atoms with Crippen molar-refractivity contribution < 1.29 is 4.74 Å². The van der Waals surface area contributed by atoms with Gasteiger partial charge in [-0.25, -0.2) is 0 Å². The molecule has 0 saturated heterocycles. The van der Waals surface area contributed by atoms with E-state index < -0.39 is 0 Å². The lowest BCUT2D eigenvalue weighted by Crippen LogP contribution is -2.66. The molecule has 0 aromatic carbocycles. The molecule has 0 radical (unpaired) electrons. The van der Waals surface area contributed by atoms with Crippen molar-refractivity contribution in [2.24, 2.45) is 11.3 Å². The Morgan fingerprint density at radius 3 is 2.50 bits per heavy atom. The molecule has 1 N–H and O–H groups in total. The fraction of sp³-hybridized carbons (Fsp3) is 1.00. The lowest BCUT2D eigenvalue weighted by molar-refractivity contribution is -0.152. The van der Waals surface area contributed by atoms with E-state index in [0.717, 1.165) is 24.6 Å². The number of hydrogen-bond donors (Lipinski definition) is 1. The summed E-state index contributed by atoms with van der Waals surface area (Å²) >= 11 is 0. The van der Waals surface area contributed by atoms with Crippen molar-refractivity contribution in [3.05, 3.63) is 0 Å². The first-order valence-electron chi connectivity index (χ1n) is 9.16. The van der Waals surface area contributed by atoms with Crippen molar-refractivity contribution in [3.8, 4) is 0 Å². The molecular formula is C18H33NO. The lowest BCUT2D eigenvalue weighted by atomic mass is 9.55.